The van der Waals surface area contributed by atoms with Crippen LogP contribution in [0.2, 0.25) is 0 Å². The number of pyridine rings is 1. The zero-order valence-electron chi connectivity index (χ0n) is 13.0. The fourth-order valence-corrected chi connectivity index (χ4v) is 1.75. The molecule has 0 spiro atoms. The van der Waals surface area contributed by atoms with Gasteiger partial charge in [0.05, 0.1) is 12.7 Å². The van der Waals surface area contributed by atoms with E-state index in [4.69, 9.17) is 4.74 Å². The number of nitrogens with zero attached hydrogens (tertiary/aromatic N) is 2. The first-order chi connectivity index (χ1) is 9.86. The minimum absolute atomic E-state index is 0. The molecular weight excluding hydrogens is 379 g/mol. The summed E-state index contributed by atoms with van der Waals surface area (Å²) < 4.78 is 5.55. The molecule has 0 fully saturated rings. The van der Waals surface area contributed by atoms with Crippen LogP contribution in [0.3, 0.4) is 0 Å². The molecule has 0 amide bonds. The van der Waals surface area contributed by atoms with Gasteiger partial charge in [-0.15, -0.1) is 24.0 Å². The monoisotopic (exact) mass is 406 g/mol. The van der Waals surface area contributed by atoms with Crippen molar-refractivity contribution in [2.45, 2.75) is 32.6 Å². The van der Waals surface area contributed by atoms with Crippen molar-refractivity contribution in [3.8, 4) is 5.75 Å². The first-order valence-electron chi connectivity index (χ1n) is 7.34. The topological polar surface area (TPSA) is 58.5 Å². The molecule has 0 atom stereocenters. The van der Waals surface area contributed by atoms with E-state index < -0.39 is 0 Å². The number of ether oxygens (including phenoxy) is 1. The molecule has 1 heterocycles. The molecule has 5 nitrogen and oxygen atoms in total. The third-order valence-electron chi connectivity index (χ3n) is 2.84. The lowest BCUT2D eigenvalue weighted by Gasteiger charge is -2.12. The SMILES string of the molecule is CCCCCCNC(=NC)NCCOc1cccnc1.I. The largest absolute Gasteiger partial charge is 0.490 e. The Balaban J connectivity index is 0.00000400. The first-order valence-corrected chi connectivity index (χ1v) is 7.34. The molecule has 0 saturated carbocycles. The summed E-state index contributed by atoms with van der Waals surface area (Å²) in [7, 11) is 1.78. The predicted octanol–water partition coefficient (Wildman–Crippen LogP) is 2.82. The van der Waals surface area contributed by atoms with Crippen molar-refractivity contribution in [2.75, 3.05) is 26.7 Å². The molecule has 0 unspecified atom stereocenters. The number of nitrogens with one attached hydrogen (secondary N) is 2. The lowest BCUT2D eigenvalue weighted by Crippen LogP contribution is -2.39. The van der Waals surface area contributed by atoms with Crippen molar-refractivity contribution in [3.05, 3.63) is 24.5 Å². The van der Waals surface area contributed by atoms with Gasteiger partial charge in [-0.05, 0) is 18.6 Å². The van der Waals surface area contributed by atoms with E-state index in [1.165, 1.54) is 25.7 Å². The maximum absolute atomic E-state index is 5.55. The number of aliphatic imine (C=N–C) groups is 1. The fraction of sp³-hybridized carbons (Fsp3) is 0.600. The second kappa shape index (κ2) is 13.9. The molecule has 1 aromatic rings. The van der Waals surface area contributed by atoms with Crippen molar-refractivity contribution >= 4 is 29.9 Å². The quantitative estimate of drug-likeness (QED) is 0.287. The Morgan fingerprint density at radius 3 is 2.71 bits per heavy atom. The van der Waals surface area contributed by atoms with Gasteiger partial charge in [-0.3, -0.25) is 9.98 Å². The average molecular weight is 406 g/mol. The van der Waals surface area contributed by atoms with Gasteiger partial charge >= 0.3 is 0 Å². The van der Waals surface area contributed by atoms with Crippen molar-refractivity contribution < 1.29 is 4.74 Å². The Labute approximate surface area is 145 Å². The summed E-state index contributed by atoms with van der Waals surface area (Å²) in [5.74, 6) is 1.62. The van der Waals surface area contributed by atoms with Crippen LogP contribution in [0.5, 0.6) is 5.75 Å². The highest BCUT2D eigenvalue weighted by atomic mass is 127. The Morgan fingerprint density at radius 2 is 2.05 bits per heavy atom. The van der Waals surface area contributed by atoms with E-state index in [0.717, 1.165) is 18.3 Å². The summed E-state index contributed by atoms with van der Waals surface area (Å²) >= 11 is 0. The highest BCUT2D eigenvalue weighted by Gasteiger charge is 1.97. The molecule has 0 aromatic carbocycles. The van der Waals surface area contributed by atoms with Crippen LogP contribution >= 0.6 is 24.0 Å². The van der Waals surface area contributed by atoms with Crippen LogP contribution in [0.1, 0.15) is 32.6 Å². The third-order valence-corrected chi connectivity index (χ3v) is 2.84. The predicted molar refractivity (Wildman–Crippen MR) is 98.7 cm³/mol. The van der Waals surface area contributed by atoms with E-state index in [-0.39, 0.29) is 24.0 Å². The van der Waals surface area contributed by atoms with Crippen molar-refractivity contribution in [1.82, 2.24) is 15.6 Å². The number of guanidine groups is 1. The van der Waals surface area contributed by atoms with E-state index in [0.29, 0.717) is 13.2 Å². The summed E-state index contributed by atoms with van der Waals surface area (Å²) in [6.45, 7) is 4.48. The molecule has 1 aromatic heterocycles. The van der Waals surface area contributed by atoms with Crippen LogP contribution in [0.25, 0.3) is 0 Å². The van der Waals surface area contributed by atoms with Gasteiger partial charge < -0.3 is 15.4 Å². The first kappa shape index (κ1) is 19.9. The molecular formula is C15H27IN4O. The maximum Gasteiger partial charge on any atom is 0.191 e. The van der Waals surface area contributed by atoms with Crippen molar-refractivity contribution in [1.29, 1.82) is 0 Å². The molecule has 120 valence electrons. The van der Waals surface area contributed by atoms with Crippen LogP contribution in [0.15, 0.2) is 29.5 Å². The van der Waals surface area contributed by atoms with Gasteiger partial charge in [-0.25, -0.2) is 0 Å². The molecule has 0 aliphatic carbocycles. The second-order valence-electron chi connectivity index (χ2n) is 4.52. The number of hydrogen-bond donors (Lipinski definition) is 2. The molecule has 6 heteroatoms. The van der Waals surface area contributed by atoms with Gasteiger partial charge in [0.25, 0.3) is 0 Å². The van der Waals surface area contributed by atoms with E-state index in [2.05, 4.69) is 27.5 Å². The molecule has 0 bridgehead atoms. The number of hydrogen-bond acceptors (Lipinski definition) is 3. The van der Waals surface area contributed by atoms with Crippen LogP contribution in [-0.4, -0.2) is 37.7 Å². The Bertz CT molecular complexity index is 373. The van der Waals surface area contributed by atoms with Gasteiger partial charge in [0, 0.05) is 19.8 Å². The number of aromatic nitrogens is 1. The van der Waals surface area contributed by atoms with Crippen LogP contribution in [-0.2, 0) is 0 Å². The van der Waals surface area contributed by atoms with E-state index in [1.807, 2.05) is 12.1 Å². The van der Waals surface area contributed by atoms with Gasteiger partial charge in [-0.2, -0.15) is 0 Å². The molecule has 0 saturated heterocycles. The molecule has 2 N–H and O–H groups in total. The Morgan fingerprint density at radius 1 is 1.24 bits per heavy atom. The molecule has 21 heavy (non-hydrogen) atoms. The maximum atomic E-state index is 5.55. The Kier molecular flexibility index (Phi) is 13.2. The zero-order chi connectivity index (χ0) is 14.5. The van der Waals surface area contributed by atoms with Gasteiger partial charge in [0.15, 0.2) is 5.96 Å². The summed E-state index contributed by atoms with van der Waals surface area (Å²) in [6.07, 6.45) is 8.45. The molecule has 0 radical (unpaired) electrons. The van der Waals surface area contributed by atoms with Crippen molar-refractivity contribution in [2.24, 2.45) is 4.99 Å². The standard InChI is InChI=1S/C15H26N4O.HI/c1-3-4-5-6-10-18-15(16-2)19-11-12-20-14-8-7-9-17-13-14;/h7-9,13H,3-6,10-12H2,1-2H3,(H2,16,18,19);1H. The normalized spacial score (nSPS) is 10.7. The van der Waals surface area contributed by atoms with Crippen LogP contribution < -0.4 is 15.4 Å². The van der Waals surface area contributed by atoms with Crippen LogP contribution in [0.4, 0.5) is 0 Å². The lowest BCUT2D eigenvalue weighted by molar-refractivity contribution is 0.320. The summed E-state index contributed by atoms with van der Waals surface area (Å²) in [4.78, 5) is 8.18. The number of halogens is 1. The minimum Gasteiger partial charge on any atom is -0.490 e. The fourth-order valence-electron chi connectivity index (χ4n) is 1.75. The zero-order valence-corrected chi connectivity index (χ0v) is 15.3. The summed E-state index contributed by atoms with van der Waals surface area (Å²) in [5.41, 5.74) is 0. The second-order valence-corrected chi connectivity index (χ2v) is 4.52. The highest BCUT2D eigenvalue weighted by Crippen LogP contribution is 2.04. The van der Waals surface area contributed by atoms with Gasteiger partial charge in [0.1, 0.15) is 12.4 Å². The van der Waals surface area contributed by atoms with Gasteiger partial charge in [-0.1, -0.05) is 26.2 Å². The third kappa shape index (κ3) is 10.3. The number of unbranched alkanes of at least 4 members (excludes halogenated alkanes) is 3. The van der Waals surface area contributed by atoms with E-state index in [1.54, 1.807) is 19.4 Å². The summed E-state index contributed by atoms with van der Waals surface area (Å²) in [5, 5.41) is 6.52. The lowest BCUT2D eigenvalue weighted by atomic mass is 10.2. The number of rotatable bonds is 9. The van der Waals surface area contributed by atoms with E-state index in [9.17, 15) is 0 Å². The Hall–Kier alpha value is -1.05. The molecule has 0 aliphatic heterocycles. The van der Waals surface area contributed by atoms with Crippen molar-refractivity contribution in [3.63, 3.8) is 0 Å². The minimum atomic E-state index is 0. The van der Waals surface area contributed by atoms with Crippen LogP contribution in [0, 0.1) is 0 Å². The average Bonchev–Trinajstić information content (AvgIpc) is 2.50. The van der Waals surface area contributed by atoms with Gasteiger partial charge in [0.2, 0.25) is 0 Å². The molecule has 0 aliphatic rings. The highest BCUT2D eigenvalue weighted by molar-refractivity contribution is 14.0. The molecule has 1 rings (SSSR count). The smallest absolute Gasteiger partial charge is 0.191 e. The van der Waals surface area contributed by atoms with E-state index >= 15 is 0 Å². The summed E-state index contributed by atoms with van der Waals surface area (Å²) in [6, 6.07) is 3.76.